The highest BCUT2D eigenvalue weighted by molar-refractivity contribution is 7.99. The molecule has 0 bridgehead atoms. The Balaban J connectivity index is 0.000000861. The predicted octanol–water partition coefficient (Wildman–Crippen LogP) is 5.92. The number of hydrogen-bond donors (Lipinski definition) is 0. The van der Waals surface area contributed by atoms with E-state index >= 15 is 0 Å². The molecule has 1 aromatic heterocycles. The number of halogens is 3. The maximum Gasteiger partial charge on any atom is 0.147 e. The van der Waals surface area contributed by atoms with Gasteiger partial charge in [-0.2, -0.15) is 0 Å². The number of aromatic nitrogens is 2. The van der Waals surface area contributed by atoms with Crippen molar-refractivity contribution in [3.8, 4) is 0 Å². The van der Waals surface area contributed by atoms with Crippen LogP contribution in [0.5, 0.6) is 0 Å². The predicted molar refractivity (Wildman–Crippen MR) is 83.7 cm³/mol. The van der Waals surface area contributed by atoms with Crippen molar-refractivity contribution in [2.75, 3.05) is 0 Å². The van der Waals surface area contributed by atoms with Gasteiger partial charge in [-0.25, -0.2) is 9.97 Å². The molecule has 0 saturated heterocycles. The molecule has 0 fully saturated rings. The Morgan fingerprint density at radius 1 is 1.11 bits per heavy atom. The van der Waals surface area contributed by atoms with Crippen LogP contribution in [0.2, 0.25) is 15.2 Å². The molecule has 0 aliphatic carbocycles. The Bertz CT molecular complexity index is 562. The molecule has 6 heteroatoms. The van der Waals surface area contributed by atoms with Crippen molar-refractivity contribution in [2.45, 2.75) is 30.7 Å². The minimum Gasteiger partial charge on any atom is -0.244 e. The number of rotatable bonds is 2. The smallest absolute Gasteiger partial charge is 0.147 e. The molecule has 2 rings (SSSR count). The first-order valence-electron chi connectivity index (χ1n) is 5.69. The Morgan fingerprint density at radius 3 is 2.42 bits per heavy atom. The molecule has 0 amide bonds. The van der Waals surface area contributed by atoms with Crippen molar-refractivity contribution in [3.63, 3.8) is 0 Å². The normalized spacial score (nSPS) is 9.79. The van der Waals surface area contributed by atoms with Gasteiger partial charge in [0.05, 0.1) is 21.9 Å². The summed E-state index contributed by atoms with van der Waals surface area (Å²) in [5.41, 5.74) is 0.763. The van der Waals surface area contributed by atoms with Gasteiger partial charge in [0.15, 0.2) is 0 Å². The van der Waals surface area contributed by atoms with E-state index in [9.17, 15) is 0 Å². The van der Waals surface area contributed by atoms with Gasteiger partial charge in [-0.05, 0) is 19.1 Å². The third-order valence-electron chi connectivity index (χ3n) is 2.00. The Kier molecular flexibility index (Phi) is 6.94. The maximum absolute atomic E-state index is 6.10. The van der Waals surface area contributed by atoms with E-state index in [-0.39, 0.29) is 0 Å². The molecule has 0 saturated carbocycles. The van der Waals surface area contributed by atoms with Crippen LogP contribution >= 0.6 is 46.6 Å². The summed E-state index contributed by atoms with van der Waals surface area (Å²) in [6.07, 6.45) is 1.51. The molecule has 2 nitrogen and oxygen atoms in total. The first-order valence-corrected chi connectivity index (χ1v) is 7.64. The molecule has 0 spiro atoms. The lowest BCUT2D eigenvalue weighted by Gasteiger charge is -2.06. The van der Waals surface area contributed by atoms with Gasteiger partial charge in [-0.1, -0.05) is 66.5 Å². The van der Waals surface area contributed by atoms with Gasteiger partial charge in [0.1, 0.15) is 10.2 Å². The highest BCUT2D eigenvalue weighted by Crippen LogP contribution is 2.37. The van der Waals surface area contributed by atoms with E-state index in [1.54, 1.807) is 6.07 Å². The molecule has 19 heavy (non-hydrogen) atoms. The molecular weight excluding hydrogens is 323 g/mol. The van der Waals surface area contributed by atoms with E-state index < -0.39 is 0 Å². The molecule has 0 radical (unpaired) electrons. The second kappa shape index (κ2) is 7.95. The Hall–Kier alpha value is -0.480. The average molecular weight is 336 g/mol. The first kappa shape index (κ1) is 16.6. The van der Waals surface area contributed by atoms with Crippen molar-refractivity contribution >= 4 is 46.6 Å². The summed E-state index contributed by atoms with van der Waals surface area (Å²) in [7, 11) is 0. The largest absolute Gasteiger partial charge is 0.244 e. The lowest BCUT2D eigenvalue weighted by atomic mass is 10.4. The van der Waals surface area contributed by atoms with Crippen molar-refractivity contribution in [2.24, 2.45) is 0 Å². The fraction of sp³-hybridized carbons (Fsp3) is 0.231. The van der Waals surface area contributed by atoms with Crippen LogP contribution in [-0.4, -0.2) is 9.97 Å². The van der Waals surface area contributed by atoms with Crippen LogP contribution in [0.3, 0.4) is 0 Å². The van der Waals surface area contributed by atoms with Crippen LogP contribution in [0.1, 0.15) is 19.5 Å². The highest BCUT2D eigenvalue weighted by Gasteiger charge is 2.09. The zero-order valence-electron chi connectivity index (χ0n) is 10.7. The third kappa shape index (κ3) is 4.53. The zero-order chi connectivity index (χ0) is 14.4. The van der Waals surface area contributed by atoms with Crippen molar-refractivity contribution < 1.29 is 0 Å². The van der Waals surface area contributed by atoms with Gasteiger partial charge in [0.25, 0.3) is 0 Å². The maximum atomic E-state index is 6.10. The fourth-order valence-corrected chi connectivity index (χ4v) is 2.71. The average Bonchev–Trinajstić information content (AvgIpc) is 2.40. The van der Waals surface area contributed by atoms with Crippen molar-refractivity contribution in [1.82, 2.24) is 9.97 Å². The lowest BCUT2D eigenvalue weighted by Crippen LogP contribution is -1.90. The summed E-state index contributed by atoms with van der Waals surface area (Å²) in [5.74, 6) is 0. The van der Waals surface area contributed by atoms with Crippen molar-refractivity contribution in [1.29, 1.82) is 0 Å². The minimum absolute atomic E-state index is 0.379. The quantitative estimate of drug-likeness (QED) is 0.681. The standard InChI is InChI=1S/C11H7Cl3N2S.C2H6/c1-6-11(15-5-9(13)16-6)17-8-4-2-3-7(12)10(8)14;1-2/h2-5H,1H3;1-2H3. The van der Waals surface area contributed by atoms with Gasteiger partial charge < -0.3 is 0 Å². The van der Waals surface area contributed by atoms with E-state index in [1.165, 1.54) is 18.0 Å². The summed E-state index contributed by atoms with van der Waals surface area (Å²) in [6, 6.07) is 5.47. The minimum atomic E-state index is 0.379. The molecule has 0 atom stereocenters. The summed E-state index contributed by atoms with van der Waals surface area (Å²) < 4.78 is 0. The summed E-state index contributed by atoms with van der Waals surface area (Å²) >= 11 is 19.2. The van der Waals surface area contributed by atoms with Gasteiger partial charge in [0, 0.05) is 4.90 Å². The van der Waals surface area contributed by atoms with E-state index in [1.807, 2.05) is 32.9 Å². The molecule has 0 N–H and O–H groups in total. The summed E-state index contributed by atoms with van der Waals surface area (Å²) in [5, 5.41) is 2.19. The lowest BCUT2D eigenvalue weighted by molar-refractivity contribution is 0.986. The number of hydrogen-bond acceptors (Lipinski definition) is 3. The van der Waals surface area contributed by atoms with Crippen LogP contribution in [-0.2, 0) is 0 Å². The molecule has 0 unspecified atom stereocenters. The summed E-state index contributed by atoms with van der Waals surface area (Å²) in [4.78, 5) is 9.18. The second-order valence-electron chi connectivity index (χ2n) is 3.24. The molecule has 2 aromatic rings. The zero-order valence-corrected chi connectivity index (χ0v) is 13.8. The topological polar surface area (TPSA) is 25.8 Å². The van der Waals surface area contributed by atoms with Crippen molar-refractivity contribution in [3.05, 3.63) is 45.3 Å². The molecule has 1 heterocycles. The van der Waals surface area contributed by atoms with Gasteiger partial charge in [-0.15, -0.1) is 0 Å². The van der Waals surface area contributed by atoms with Crippen LogP contribution in [0, 0.1) is 6.92 Å². The van der Waals surface area contributed by atoms with E-state index in [0.29, 0.717) is 15.2 Å². The Labute approximate surface area is 132 Å². The molecule has 102 valence electrons. The molecule has 1 aromatic carbocycles. The highest BCUT2D eigenvalue weighted by atomic mass is 35.5. The van der Waals surface area contributed by atoms with Crippen LogP contribution in [0.25, 0.3) is 0 Å². The number of benzene rings is 1. The molecular formula is C13H13Cl3N2S. The number of aryl methyl sites for hydroxylation is 1. The fourth-order valence-electron chi connectivity index (χ4n) is 1.21. The van der Waals surface area contributed by atoms with Crippen LogP contribution < -0.4 is 0 Å². The van der Waals surface area contributed by atoms with Gasteiger partial charge >= 0.3 is 0 Å². The van der Waals surface area contributed by atoms with Gasteiger partial charge in [0.2, 0.25) is 0 Å². The van der Waals surface area contributed by atoms with Gasteiger partial charge in [-0.3, -0.25) is 0 Å². The van der Waals surface area contributed by atoms with Crippen LogP contribution in [0.15, 0.2) is 34.3 Å². The van der Waals surface area contributed by atoms with E-state index in [4.69, 9.17) is 34.8 Å². The molecule has 0 aliphatic heterocycles. The van der Waals surface area contributed by atoms with Crippen LogP contribution in [0.4, 0.5) is 0 Å². The van der Waals surface area contributed by atoms with E-state index in [2.05, 4.69) is 9.97 Å². The third-order valence-corrected chi connectivity index (χ3v) is 4.26. The van der Waals surface area contributed by atoms with E-state index in [0.717, 1.165) is 15.6 Å². The first-order chi connectivity index (χ1) is 9.08. The monoisotopic (exact) mass is 334 g/mol. The summed E-state index contributed by atoms with van der Waals surface area (Å²) in [6.45, 7) is 5.85. The molecule has 0 aliphatic rings. The SMILES string of the molecule is CC.Cc1nc(Cl)cnc1Sc1cccc(Cl)c1Cl. The second-order valence-corrected chi connectivity index (χ2v) is 5.44. The Morgan fingerprint density at radius 2 is 1.79 bits per heavy atom. The number of nitrogens with zero attached hydrogens (tertiary/aromatic N) is 2.